The molecule has 3 rings (SSSR count). The SMILES string of the molecule is CC(C(=O)Nc1ccc(Cl)cc1)n1c(-c2cccs2)n[nH]c1=S. The van der Waals surface area contributed by atoms with E-state index >= 15 is 0 Å². The standard InChI is InChI=1S/C15H13ClN4OS2/c1-9(14(21)17-11-6-4-10(16)5-7-11)20-13(18-19-15(20)22)12-3-2-8-23-12/h2-9H,1H3,(H,17,21)(H,19,22). The van der Waals surface area contributed by atoms with Gasteiger partial charge in [0.15, 0.2) is 10.6 Å². The number of hydrogen-bond donors (Lipinski definition) is 2. The smallest absolute Gasteiger partial charge is 0.247 e. The van der Waals surface area contributed by atoms with E-state index in [-0.39, 0.29) is 5.91 Å². The minimum atomic E-state index is -0.506. The number of nitrogens with one attached hydrogen (secondary N) is 2. The number of amides is 1. The van der Waals surface area contributed by atoms with Crippen LogP contribution in [0.25, 0.3) is 10.7 Å². The molecule has 3 aromatic rings. The summed E-state index contributed by atoms with van der Waals surface area (Å²) >= 11 is 12.7. The molecule has 1 aromatic carbocycles. The minimum absolute atomic E-state index is 0.178. The van der Waals surface area contributed by atoms with Crippen LogP contribution < -0.4 is 5.32 Å². The van der Waals surface area contributed by atoms with E-state index in [2.05, 4.69) is 15.5 Å². The van der Waals surface area contributed by atoms with Crippen molar-refractivity contribution in [2.24, 2.45) is 0 Å². The predicted molar refractivity (Wildman–Crippen MR) is 95.5 cm³/mol. The topological polar surface area (TPSA) is 62.7 Å². The number of carbonyl (C=O) groups is 1. The van der Waals surface area contributed by atoms with Crippen molar-refractivity contribution in [3.8, 4) is 10.7 Å². The molecule has 8 heteroatoms. The van der Waals surface area contributed by atoms with Gasteiger partial charge in [0, 0.05) is 10.7 Å². The molecule has 0 bridgehead atoms. The summed E-state index contributed by atoms with van der Waals surface area (Å²) in [7, 11) is 0. The molecule has 1 atom stereocenters. The Balaban J connectivity index is 1.87. The molecule has 23 heavy (non-hydrogen) atoms. The van der Waals surface area contributed by atoms with Gasteiger partial charge in [0.25, 0.3) is 0 Å². The van der Waals surface area contributed by atoms with Gasteiger partial charge < -0.3 is 5.32 Å². The summed E-state index contributed by atoms with van der Waals surface area (Å²) in [5.41, 5.74) is 0.680. The molecular formula is C15H13ClN4OS2. The zero-order chi connectivity index (χ0) is 16.4. The summed E-state index contributed by atoms with van der Waals surface area (Å²) in [5, 5.41) is 12.4. The normalized spacial score (nSPS) is 12.1. The van der Waals surface area contributed by atoms with E-state index in [0.717, 1.165) is 4.88 Å². The van der Waals surface area contributed by atoms with Crippen LogP contribution in [0, 0.1) is 4.77 Å². The van der Waals surface area contributed by atoms with E-state index in [1.54, 1.807) is 47.1 Å². The summed E-state index contributed by atoms with van der Waals surface area (Å²) in [6.07, 6.45) is 0. The van der Waals surface area contributed by atoms with E-state index in [1.165, 1.54) is 0 Å². The fraction of sp³-hybridized carbons (Fsp3) is 0.133. The highest BCUT2D eigenvalue weighted by molar-refractivity contribution is 7.71. The van der Waals surface area contributed by atoms with E-state index in [1.807, 2.05) is 17.5 Å². The summed E-state index contributed by atoms with van der Waals surface area (Å²) in [5.74, 6) is 0.478. The van der Waals surface area contributed by atoms with Gasteiger partial charge in [-0.2, -0.15) is 5.10 Å². The number of anilines is 1. The van der Waals surface area contributed by atoms with E-state index < -0.39 is 6.04 Å². The molecule has 0 fully saturated rings. The molecule has 2 heterocycles. The summed E-state index contributed by atoms with van der Waals surface area (Å²) < 4.78 is 2.12. The van der Waals surface area contributed by atoms with Gasteiger partial charge in [-0.15, -0.1) is 11.3 Å². The monoisotopic (exact) mass is 364 g/mol. The summed E-state index contributed by atoms with van der Waals surface area (Å²) in [6.45, 7) is 1.79. The van der Waals surface area contributed by atoms with Gasteiger partial charge in [0.1, 0.15) is 6.04 Å². The highest BCUT2D eigenvalue weighted by Gasteiger charge is 2.21. The number of carbonyl (C=O) groups excluding carboxylic acids is 1. The van der Waals surface area contributed by atoms with Crippen LogP contribution in [0.2, 0.25) is 5.02 Å². The molecular weight excluding hydrogens is 352 g/mol. The van der Waals surface area contributed by atoms with Crippen molar-refractivity contribution < 1.29 is 4.79 Å². The fourth-order valence-electron chi connectivity index (χ4n) is 2.14. The Morgan fingerprint density at radius 3 is 2.78 bits per heavy atom. The zero-order valence-corrected chi connectivity index (χ0v) is 14.5. The highest BCUT2D eigenvalue weighted by atomic mass is 35.5. The van der Waals surface area contributed by atoms with Crippen molar-refractivity contribution in [2.45, 2.75) is 13.0 Å². The molecule has 1 amide bonds. The van der Waals surface area contributed by atoms with Crippen molar-refractivity contribution in [3.63, 3.8) is 0 Å². The molecule has 2 N–H and O–H groups in total. The molecule has 0 aliphatic carbocycles. The number of nitrogens with zero attached hydrogens (tertiary/aromatic N) is 2. The fourth-order valence-corrected chi connectivity index (χ4v) is 3.27. The van der Waals surface area contributed by atoms with Crippen LogP contribution in [0.4, 0.5) is 5.69 Å². The van der Waals surface area contributed by atoms with Crippen molar-refractivity contribution in [1.82, 2.24) is 14.8 Å². The van der Waals surface area contributed by atoms with Crippen LogP contribution in [-0.4, -0.2) is 20.7 Å². The van der Waals surface area contributed by atoms with Gasteiger partial charge in [0.2, 0.25) is 5.91 Å². The first kappa shape index (κ1) is 15.9. The van der Waals surface area contributed by atoms with Crippen LogP contribution in [0.3, 0.4) is 0 Å². The third kappa shape index (κ3) is 3.36. The zero-order valence-electron chi connectivity index (χ0n) is 12.1. The molecule has 0 saturated heterocycles. The number of aromatic nitrogens is 3. The number of aromatic amines is 1. The van der Waals surface area contributed by atoms with Crippen LogP contribution in [0.15, 0.2) is 41.8 Å². The Morgan fingerprint density at radius 2 is 2.13 bits per heavy atom. The number of H-pyrrole nitrogens is 1. The van der Waals surface area contributed by atoms with E-state index in [4.69, 9.17) is 23.8 Å². The summed E-state index contributed by atoms with van der Waals surface area (Å²) in [4.78, 5) is 13.5. The molecule has 0 saturated carbocycles. The lowest BCUT2D eigenvalue weighted by Crippen LogP contribution is -2.24. The van der Waals surface area contributed by atoms with Crippen molar-refractivity contribution in [2.75, 3.05) is 5.32 Å². The van der Waals surface area contributed by atoms with Crippen LogP contribution >= 0.6 is 35.2 Å². The Hall–Kier alpha value is -1.96. The van der Waals surface area contributed by atoms with Gasteiger partial charge >= 0.3 is 0 Å². The first-order valence-electron chi connectivity index (χ1n) is 6.83. The molecule has 1 unspecified atom stereocenters. The second-order valence-corrected chi connectivity index (χ2v) is 6.64. The molecule has 118 valence electrons. The van der Waals surface area contributed by atoms with Crippen LogP contribution in [0.5, 0.6) is 0 Å². The number of rotatable bonds is 4. The largest absolute Gasteiger partial charge is 0.324 e. The van der Waals surface area contributed by atoms with Gasteiger partial charge in [-0.1, -0.05) is 17.7 Å². The Morgan fingerprint density at radius 1 is 1.39 bits per heavy atom. The van der Waals surface area contributed by atoms with Crippen molar-refractivity contribution >= 4 is 46.8 Å². The third-order valence-corrected chi connectivity index (χ3v) is 4.73. The number of halogens is 1. The van der Waals surface area contributed by atoms with Gasteiger partial charge in [-0.25, -0.2) is 0 Å². The lowest BCUT2D eigenvalue weighted by molar-refractivity contribution is -0.118. The van der Waals surface area contributed by atoms with Crippen molar-refractivity contribution in [1.29, 1.82) is 0 Å². The van der Waals surface area contributed by atoms with E-state index in [0.29, 0.717) is 21.3 Å². The maximum Gasteiger partial charge on any atom is 0.247 e. The first-order valence-corrected chi connectivity index (χ1v) is 8.50. The minimum Gasteiger partial charge on any atom is -0.324 e. The Bertz CT molecular complexity index is 868. The quantitative estimate of drug-likeness (QED) is 0.669. The lowest BCUT2D eigenvalue weighted by Gasteiger charge is -2.15. The average molecular weight is 365 g/mol. The summed E-state index contributed by atoms with van der Waals surface area (Å²) in [6, 6.07) is 10.3. The Kier molecular flexibility index (Phi) is 4.61. The maximum absolute atomic E-state index is 12.5. The molecule has 0 radical (unpaired) electrons. The Labute approximate surface area is 146 Å². The second kappa shape index (κ2) is 6.66. The lowest BCUT2D eigenvalue weighted by atomic mass is 10.2. The van der Waals surface area contributed by atoms with E-state index in [9.17, 15) is 4.79 Å². The van der Waals surface area contributed by atoms with Gasteiger partial charge in [-0.3, -0.25) is 14.5 Å². The third-order valence-electron chi connectivity index (χ3n) is 3.32. The molecule has 2 aromatic heterocycles. The van der Waals surface area contributed by atoms with Gasteiger partial charge in [0.05, 0.1) is 4.88 Å². The maximum atomic E-state index is 12.5. The predicted octanol–water partition coefficient (Wildman–Crippen LogP) is 4.52. The molecule has 0 aliphatic rings. The molecule has 0 aliphatic heterocycles. The highest BCUT2D eigenvalue weighted by Crippen LogP contribution is 2.26. The van der Waals surface area contributed by atoms with Crippen molar-refractivity contribution in [3.05, 3.63) is 51.6 Å². The number of hydrogen-bond acceptors (Lipinski definition) is 4. The molecule has 5 nitrogen and oxygen atoms in total. The number of thiophene rings is 1. The number of benzene rings is 1. The average Bonchev–Trinajstić information content (AvgIpc) is 3.18. The van der Waals surface area contributed by atoms with Crippen LogP contribution in [-0.2, 0) is 4.79 Å². The first-order chi connectivity index (χ1) is 11.1. The van der Waals surface area contributed by atoms with Crippen LogP contribution in [0.1, 0.15) is 13.0 Å². The van der Waals surface area contributed by atoms with Gasteiger partial charge in [-0.05, 0) is 54.9 Å². The molecule has 0 spiro atoms. The second-order valence-electron chi connectivity index (χ2n) is 4.87.